The molecule has 0 unspecified atom stereocenters. The fraction of sp³-hybridized carbons (Fsp3) is 0.538. The Bertz CT molecular complexity index is 357. The zero-order chi connectivity index (χ0) is 11.6. The maximum atomic E-state index is 10.1. The molecule has 0 aliphatic carbocycles. The minimum absolute atomic E-state index is 0.370. The second kappa shape index (κ2) is 4.44. The summed E-state index contributed by atoms with van der Waals surface area (Å²) in [5.41, 5.74) is 7.51. The van der Waals surface area contributed by atoms with Crippen molar-refractivity contribution in [1.29, 1.82) is 0 Å². The van der Waals surface area contributed by atoms with E-state index in [1.54, 1.807) is 0 Å². The van der Waals surface area contributed by atoms with Crippen molar-refractivity contribution in [3.05, 3.63) is 29.8 Å². The molecule has 0 amide bonds. The van der Waals surface area contributed by atoms with Crippen LogP contribution < -0.4 is 10.6 Å². The quantitative estimate of drug-likeness (QED) is 0.789. The summed E-state index contributed by atoms with van der Waals surface area (Å²) < 4.78 is 0. The van der Waals surface area contributed by atoms with Crippen LogP contribution in [0.15, 0.2) is 24.3 Å². The fourth-order valence-corrected chi connectivity index (χ4v) is 2.29. The first-order valence-electron chi connectivity index (χ1n) is 5.88. The Morgan fingerprint density at radius 1 is 1.31 bits per heavy atom. The molecule has 1 aliphatic heterocycles. The predicted molar refractivity (Wildman–Crippen MR) is 66.6 cm³/mol. The molecule has 88 valence electrons. The van der Waals surface area contributed by atoms with Gasteiger partial charge < -0.3 is 15.7 Å². The van der Waals surface area contributed by atoms with Crippen LogP contribution in [0.2, 0.25) is 0 Å². The van der Waals surface area contributed by atoms with Crippen molar-refractivity contribution in [3.8, 4) is 0 Å². The second-order valence-corrected chi connectivity index (χ2v) is 4.70. The van der Waals surface area contributed by atoms with Gasteiger partial charge in [0.25, 0.3) is 0 Å². The monoisotopic (exact) mass is 220 g/mol. The topological polar surface area (TPSA) is 49.5 Å². The minimum Gasteiger partial charge on any atom is -0.388 e. The normalized spacial score (nSPS) is 19.8. The van der Waals surface area contributed by atoms with Crippen LogP contribution >= 0.6 is 0 Å². The van der Waals surface area contributed by atoms with Crippen molar-refractivity contribution < 1.29 is 5.11 Å². The molecule has 3 nitrogen and oxygen atoms in total. The van der Waals surface area contributed by atoms with E-state index in [4.69, 9.17) is 5.73 Å². The maximum Gasteiger partial charge on any atom is 0.0803 e. The van der Waals surface area contributed by atoms with Gasteiger partial charge in [-0.3, -0.25) is 0 Å². The van der Waals surface area contributed by atoms with Crippen LogP contribution in [0.5, 0.6) is 0 Å². The van der Waals surface area contributed by atoms with Gasteiger partial charge in [0.2, 0.25) is 0 Å². The van der Waals surface area contributed by atoms with Crippen LogP contribution in [-0.2, 0) is 0 Å². The van der Waals surface area contributed by atoms with Gasteiger partial charge in [-0.25, -0.2) is 0 Å². The molecular weight excluding hydrogens is 200 g/mol. The van der Waals surface area contributed by atoms with Gasteiger partial charge in [-0.15, -0.1) is 0 Å². The van der Waals surface area contributed by atoms with Crippen molar-refractivity contribution >= 4 is 5.69 Å². The molecule has 0 saturated carbocycles. The first kappa shape index (κ1) is 11.4. The predicted octanol–water partition coefficient (Wildman–Crippen LogP) is 1.29. The first-order chi connectivity index (χ1) is 7.64. The Morgan fingerprint density at radius 3 is 2.50 bits per heavy atom. The number of nitrogens with two attached hydrogens (primary N) is 1. The summed E-state index contributed by atoms with van der Waals surface area (Å²) in [4.78, 5) is 2.33. The standard InChI is InChI=1S/C13H20N2O/c1-11-4-2-3-5-12(11)15-8-6-13(16,10-14)7-9-15/h2-5,16H,6-10,14H2,1H3. The summed E-state index contributed by atoms with van der Waals surface area (Å²) in [5, 5.41) is 10.1. The van der Waals surface area contributed by atoms with Gasteiger partial charge in [-0.1, -0.05) is 18.2 Å². The highest BCUT2D eigenvalue weighted by Gasteiger charge is 2.31. The molecule has 2 rings (SSSR count). The molecule has 3 heteroatoms. The zero-order valence-corrected chi connectivity index (χ0v) is 9.82. The lowest BCUT2D eigenvalue weighted by Crippen LogP contribution is -2.48. The van der Waals surface area contributed by atoms with Crippen LogP contribution in [0.1, 0.15) is 18.4 Å². The van der Waals surface area contributed by atoms with E-state index >= 15 is 0 Å². The highest BCUT2D eigenvalue weighted by Crippen LogP contribution is 2.27. The Labute approximate surface area is 96.9 Å². The summed E-state index contributed by atoms with van der Waals surface area (Å²) in [7, 11) is 0. The number of nitrogens with zero attached hydrogens (tertiary/aromatic N) is 1. The van der Waals surface area contributed by atoms with E-state index in [1.165, 1.54) is 11.3 Å². The molecular formula is C13H20N2O. The fourth-order valence-electron chi connectivity index (χ4n) is 2.29. The van der Waals surface area contributed by atoms with Crippen LogP contribution in [0.25, 0.3) is 0 Å². The number of aryl methyl sites for hydroxylation is 1. The number of hydrogen-bond acceptors (Lipinski definition) is 3. The van der Waals surface area contributed by atoms with Gasteiger partial charge >= 0.3 is 0 Å². The van der Waals surface area contributed by atoms with Crippen LogP contribution in [0.4, 0.5) is 5.69 Å². The van der Waals surface area contributed by atoms with E-state index in [0.717, 1.165) is 25.9 Å². The van der Waals surface area contributed by atoms with Gasteiger partial charge in [-0.05, 0) is 31.4 Å². The summed E-state index contributed by atoms with van der Waals surface area (Å²) in [6, 6.07) is 8.38. The average molecular weight is 220 g/mol. The van der Waals surface area contributed by atoms with Crippen molar-refractivity contribution in [2.24, 2.45) is 5.73 Å². The minimum atomic E-state index is -0.640. The molecule has 0 spiro atoms. The van der Waals surface area contributed by atoms with E-state index in [2.05, 4.69) is 36.1 Å². The van der Waals surface area contributed by atoms with Crippen molar-refractivity contribution in [3.63, 3.8) is 0 Å². The van der Waals surface area contributed by atoms with Crippen molar-refractivity contribution in [2.45, 2.75) is 25.4 Å². The highest BCUT2D eigenvalue weighted by molar-refractivity contribution is 5.53. The van der Waals surface area contributed by atoms with Gasteiger partial charge in [0.1, 0.15) is 0 Å². The molecule has 0 radical (unpaired) electrons. The maximum absolute atomic E-state index is 10.1. The summed E-state index contributed by atoms with van der Waals surface area (Å²) in [6.45, 7) is 4.27. The molecule has 0 atom stereocenters. The van der Waals surface area contributed by atoms with E-state index < -0.39 is 5.60 Å². The molecule has 0 aromatic heterocycles. The molecule has 1 aliphatic rings. The number of anilines is 1. The summed E-state index contributed by atoms with van der Waals surface area (Å²) in [6.07, 6.45) is 1.52. The summed E-state index contributed by atoms with van der Waals surface area (Å²) >= 11 is 0. The van der Waals surface area contributed by atoms with Gasteiger partial charge in [0.15, 0.2) is 0 Å². The molecule has 3 N–H and O–H groups in total. The third-order valence-corrected chi connectivity index (χ3v) is 3.53. The van der Waals surface area contributed by atoms with Gasteiger partial charge in [0, 0.05) is 25.3 Å². The van der Waals surface area contributed by atoms with Crippen LogP contribution in [-0.4, -0.2) is 30.3 Å². The molecule has 1 fully saturated rings. The number of piperidine rings is 1. The van der Waals surface area contributed by atoms with Crippen LogP contribution in [0, 0.1) is 6.92 Å². The van der Waals surface area contributed by atoms with Gasteiger partial charge in [0.05, 0.1) is 5.60 Å². The van der Waals surface area contributed by atoms with E-state index in [1.807, 2.05) is 0 Å². The van der Waals surface area contributed by atoms with Crippen molar-refractivity contribution in [1.82, 2.24) is 0 Å². The number of benzene rings is 1. The van der Waals surface area contributed by atoms with Crippen molar-refractivity contribution in [2.75, 3.05) is 24.5 Å². The Balaban J connectivity index is 2.07. The molecule has 1 aromatic carbocycles. The molecule has 0 bridgehead atoms. The van der Waals surface area contributed by atoms with Gasteiger partial charge in [-0.2, -0.15) is 0 Å². The van der Waals surface area contributed by atoms with E-state index in [9.17, 15) is 5.11 Å². The smallest absolute Gasteiger partial charge is 0.0803 e. The molecule has 16 heavy (non-hydrogen) atoms. The second-order valence-electron chi connectivity index (χ2n) is 4.70. The number of rotatable bonds is 2. The lowest BCUT2D eigenvalue weighted by atomic mass is 9.91. The third kappa shape index (κ3) is 2.20. The number of para-hydroxylation sites is 1. The first-order valence-corrected chi connectivity index (χ1v) is 5.88. The molecule has 1 saturated heterocycles. The molecule has 1 aromatic rings. The zero-order valence-electron chi connectivity index (χ0n) is 9.82. The third-order valence-electron chi connectivity index (χ3n) is 3.53. The molecule has 1 heterocycles. The highest BCUT2D eigenvalue weighted by atomic mass is 16.3. The lowest BCUT2D eigenvalue weighted by molar-refractivity contribution is 0.0250. The Hall–Kier alpha value is -1.06. The Kier molecular flexibility index (Phi) is 3.17. The SMILES string of the molecule is Cc1ccccc1N1CCC(O)(CN)CC1. The van der Waals surface area contributed by atoms with Crippen LogP contribution in [0.3, 0.4) is 0 Å². The lowest BCUT2D eigenvalue weighted by Gasteiger charge is -2.39. The number of aliphatic hydroxyl groups is 1. The Morgan fingerprint density at radius 2 is 1.94 bits per heavy atom. The van der Waals surface area contributed by atoms with E-state index in [-0.39, 0.29) is 0 Å². The van der Waals surface area contributed by atoms with E-state index in [0.29, 0.717) is 6.54 Å². The number of hydrogen-bond donors (Lipinski definition) is 2. The largest absolute Gasteiger partial charge is 0.388 e. The summed E-state index contributed by atoms with van der Waals surface area (Å²) in [5.74, 6) is 0. The average Bonchev–Trinajstić information content (AvgIpc) is 2.31.